The predicted octanol–water partition coefficient (Wildman–Crippen LogP) is 2.87. The van der Waals surface area contributed by atoms with Crippen LogP contribution in [-0.4, -0.2) is 47.1 Å². The maximum atomic E-state index is 5.69. The van der Waals surface area contributed by atoms with Gasteiger partial charge in [-0.1, -0.05) is 36.8 Å². The highest BCUT2D eigenvalue weighted by molar-refractivity contribution is 7.80. The quantitative estimate of drug-likeness (QED) is 0.859. The molecule has 1 aliphatic heterocycles. The van der Waals surface area contributed by atoms with Crippen LogP contribution in [0.25, 0.3) is 0 Å². The van der Waals surface area contributed by atoms with Crippen molar-refractivity contribution < 1.29 is 0 Å². The number of thiocarbonyl (C=S) groups is 1. The first kappa shape index (κ1) is 15.4. The van der Waals surface area contributed by atoms with E-state index in [2.05, 4.69) is 45.4 Å². The summed E-state index contributed by atoms with van der Waals surface area (Å²) in [6.07, 6.45) is 5.65. The molecule has 0 aromatic heterocycles. The maximum Gasteiger partial charge on any atom is 0.169 e. The molecule has 3 atom stereocenters. The zero-order valence-corrected chi connectivity index (χ0v) is 14.6. The summed E-state index contributed by atoms with van der Waals surface area (Å²) in [4.78, 5) is 4.91. The third kappa shape index (κ3) is 3.53. The van der Waals surface area contributed by atoms with Crippen molar-refractivity contribution in [2.45, 2.75) is 38.3 Å². The van der Waals surface area contributed by atoms with Gasteiger partial charge in [0.2, 0.25) is 0 Å². The number of hydrogen-bond donors (Lipinski definition) is 1. The second-order valence-electron chi connectivity index (χ2n) is 7.48. The first-order chi connectivity index (χ1) is 11.3. The monoisotopic (exact) mass is 329 g/mol. The number of hydrogen-bond acceptors (Lipinski definition) is 2. The molecule has 2 aliphatic carbocycles. The van der Waals surface area contributed by atoms with Gasteiger partial charge in [-0.25, -0.2) is 0 Å². The molecule has 124 valence electrons. The SMILES string of the molecule is S=C(N[C@H]1C[C@@H]2CC[C@@H]1C2)N1CCN(Cc2ccccc2)CC1. The topological polar surface area (TPSA) is 18.5 Å². The van der Waals surface area contributed by atoms with Crippen molar-refractivity contribution in [2.75, 3.05) is 26.2 Å². The fourth-order valence-electron chi connectivity index (χ4n) is 4.62. The Hall–Kier alpha value is -1.13. The average Bonchev–Trinajstić information content (AvgIpc) is 3.19. The summed E-state index contributed by atoms with van der Waals surface area (Å²) in [7, 11) is 0. The highest BCUT2D eigenvalue weighted by atomic mass is 32.1. The smallest absolute Gasteiger partial charge is 0.169 e. The van der Waals surface area contributed by atoms with E-state index < -0.39 is 0 Å². The van der Waals surface area contributed by atoms with E-state index >= 15 is 0 Å². The van der Waals surface area contributed by atoms with Gasteiger partial charge >= 0.3 is 0 Å². The van der Waals surface area contributed by atoms with Gasteiger partial charge in [-0.15, -0.1) is 0 Å². The molecular weight excluding hydrogens is 302 g/mol. The summed E-state index contributed by atoms with van der Waals surface area (Å²) in [5, 5.41) is 4.69. The van der Waals surface area contributed by atoms with Crippen LogP contribution in [0.1, 0.15) is 31.2 Å². The molecule has 3 nitrogen and oxygen atoms in total. The molecule has 0 unspecified atom stereocenters. The van der Waals surface area contributed by atoms with Crippen LogP contribution < -0.4 is 5.32 Å². The summed E-state index contributed by atoms with van der Waals surface area (Å²) in [5.74, 6) is 1.86. The van der Waals surface area contributed by atoms with Gasteiger partial charge in [-0.05, 0) is 48.9 Å². The molecule has 23 heavy (non-hydrogen) atoms. The second kappa shape index (κ2) is 6.78. The van der Waals surface area contributed by atoms with Crippen LogP contribution in [0.15, 0.2) is 30.3 Å². The molecule has 1 heterocycles. The van der Waals surface area contributed by atoms with Crippen molar-refractivity contribution in [1.29, 1.82) is 0 Å². The van der Waals surface area contributed by atoms with Gasteiger partial charge < -0.3 is 10.2 Å². The van der Waals surface area contributed by atoms with E-state index in [-0.39, 0.29) is 0 Å². The van der Waals surface area contributed by atoms with Crippen LogP contribution in [-0.2, 0) is 6.54 Å². The van der Waals surface area contributed by atoms with E-state index in [9.17, 15) is 0 Å². The normalized spacial score (nSPS) is 30.6. The zero-order chi connectivity index (χ0) is 15.6. The predicted molar refractivity (Wildman–Crippen MR) is 98.3 cm³/mol. The standard InChI is InChI=1S/C19H27N3S/c23-19(20-18-13-16-6-7-17(18)12-16)22-10-8-21(9-11-22)14-15-4-2-1-3-5-15/h1-5,16-18H,6-14H2,(H,20,23)/t16-,17-,18+/m1/s1. The minimum atomic E-state index is 0.656. The first-order valence-electron chi connectivity index (χ1n) is 9.09. The van der Waals surface area contributed by atoms with Crippen LogP contribution in [0.5, 0.6) is 0 Å². The Labute approximate surface area is 145 Å². The Morgan fingerprint density at radius 3 is 2.48 bits per heavy atom. The Balaban J connectivity index is 1.24. The molecule has 2 saturated carbocycles. The number of piperazine rings is 1. The lowest BCUT2D eigenvalue weighted by Crippen LogP contribution is -2.53. The van der Waals surface area contributed by atoms with Crippen LogP contribution in [0.4, 0.5) is 0 Å². The summed E-state index contributed by atoms with van der Waals surface area (Å²) in [5.41, 5.74) is 1.41. The lowest BCUT2D eigenvalue weighted by atomic mass is 9.95. The molecule has 0 amide bonds. The summed E-state index contributed by atoms with van der Waals surface area (Å²) in [6, 6.07) is 11.4. The van der Waals surface area contributed by atoms with Crippen LogP contribution in [0, 0.1) is 11.8 Å². The number of nitrogens with one attached hydrogen (secondary N) is 1. The third-order valence-corrected chi connectivity index (χ3v) is 6.33. The molecule has 0 spiro atoms. The van der Waals surface area contributed by atoms with Crippen molar-refractivity contribution in [3.63, 3.8) is 0 Å². The van der Waals surface area contributed by atoms with Crippen LogP contribution in [0.2, 0.25) is 0 Å². The Morgan fingerprint density at radius 2 is 1.83 bits per heavy atom. The van der Waals surface area contributed by atoms with E-state index in [1.807, 2.05) is 0 Å². The zero-order valence-electron chi connectivity index (χ0n) is 13.8. The maximum absolute atomic E-state index is 5.69. The van der Waals surface area contributed by atoms with E-state index in [0.29, 0.717) is 6.04 Å². The van der Waals surface area contributed by atoms with E-state index in [1.54, 1.807) is 0 Å². The number of rotatable bonds is 3. The van der Waals surface area contributed by atoms with Crippen molar-refractivity contribution in [3.05, 3.63) is 35.9 Å². The number of benzene rings is 1. The number of nitrogens with zero attached hydrogens (tertiary/aromatic N) is 2. The first-order valence-corrected chi connectivity index (χ1v) is 9.50. The molecule has 2 bridgehead atoms. The van der Waals surface area contributed by atoms with E-state index in [1.165, 1.54) is 31.2 Å². The summed E-state index contributed by atoms with van der Waals surface area (Å²) >= 11 is 5.69. The molecular formula is C19H27N3S. The summed E-state index contributed by atoms with van der Waals surface area (Å²) in [6.45, 7) is 5.38. The fraction of sp³-hybridized carbons (Fsp3) is 0.632. The van der Waals surface area contributed by atoms with Crippen molar-refractivity contribution in [2.24, 2.45) is 11.8 Å². The molecule has 1 N–H and O–H groups in total. The molecule has 4 heteroatoms. The lowest BCUT2D eigenvalue weighted by Gasteiger charge is -2.37. The largest absolute Gasteiger partial charge is 0.360 e. The minimum Gasteiger partial charge on any atom is -0.360 e. The molecule has 0 radical (unpaired) electrons. The summed E-state index contributed by atoms with van der Waals surface area (Å²) < 4.78 is 0. The lowest BCUT2D eigenvalue weighted by molar-refractivity contribution is 0.173. The molecule has 4 rings (SSSR count). The van der Waals surface area contributed by atoms with Crippen molar-refractivity contribution >= 4 is 17.3 Å². The Kier molecular flexibility index (Phi) is 4.54. The van der Waals surface area contributed by atoms with Gasteiger partial charge in [0.1, 0.15) is 0 Å². The minimum absolute atomic E-state index is 0.656. The van der Waals surface area contributed by atoms with Gasteiger partial charge in [0.15, 0.2) is 5.11 Å². The highest BCUT2D eigenvalue weighted by Gasteiger charge is 2.40. The molecule has 3 aliphatic rings. The van der Waals surface area contributed by atoms with Gasteiger partial charge in [0.05, 0.1) is 0 Å². The number of fused-ring (bicyclic) bond motifs is 2. The van der Waals surface area contributed by atoms with Gasteiger partial charge in [0, 0.05) is 38.8 Å². The highest BCUT2D eigenvalue weighted by Crippen LogP contribution is 2.44. The average molecular weight is 330 g/mol. The van der Waals surface area contributed by atoms with Gasteiger partial charge in [-0.2, -0.15) is 0 Å². The molecule has 1 saturated heterocycles. The van der Waals surface area contributed by atoms with E-state index in [4.69, 9.17) is 12.2 Å². The molecule has 1 aromatic carbocycles. The Morgan fingerprint density at radius 1 is 1.04 bits per heavy atom. The van der Waals surface area contributed by atoms with Crippen LogP contribution in [0.3, 0.4) is 0 Å². The molecule has 1 aromatic rings. The van der Waals surface area contributed by atoms with Gasteiger partial charge in [-0.3, -0.25) is 4.90 Å². The third-order valence-electron chi connectivity index (χ3n) is 5.96. The van der Waals surface area contributed by atoms with Crippen molar-refractivity contribution in [1.82, 2.24) is 15.1 Å². The van der Waals surface area contributed by atoms with Crippen molar-refractivity contribution in [3.8, 4) is 0 Å². The van der Waals surface area contributed by atoms with Crippen LogP contribution >= 0.6 is 12.2 Å². The van der Waals surface area contributed by atoms with E-state index in [0.717, 1.165) is 49.7 Å². The Bertz CT molecular complexity index is 539. The second-order valence-corrected chi connectivity index (χ2v) is 7.87. The fourth-order valence-corrected chi connectivity index (χ4v) is 4.96. The van der Waals surface area contributed by atoms with Gasteiger partial charge in [0.25, 0.3) is 0 Å². The molecule has 3 fully saturated rings.